The van der Waals surface area contributed by atoms with Gasteiger partial charge in [0.25, 0.3) is 0 Å². The van der Waals surface area contributed by atoms with Crippen LogP contribution in [0, 0.1) is 17.8 Å². The summed E-state index contributed by atoms with van der Waals surface area (Å²) in [5, 5.41) is 0. The zero-order valence-electron chi connectivity index (χ0n) is 13.2. The van der Waals surface area contributed by atoms with Crippen LogP contribution in [0.5, 0.6) is 0 Å². The average molecular weight is 265 g/mol. The van der Waals surface area contributed by atoms with Crippen LogP contribution in [0.15, 0.2) is 0 Å². The SMILES string of the molecule is C[C@@H](COC(C)(C)C)CN1C2CC3CC(C2)CC1C3. The third-order valence-corrected chi connectivity index (χ3v) is 5.35. The Hall–Kier alpha value is -0.0800. The van der Waals surface area contributed by atoms with Gasteiger partial charge in [0.15, 0.2) is 0 Å². The molecule has 4 aliphatic rings. The van der Waals surface area contributed by atoms with Crippen molar-refractivity contribution in [3.8, 4) is 0 Å². The summed E-state index contributed by atoms with van der Waals surface area (Å²) in [7, 11) is 0. The number of hydrogen-bond donors (Lipinski definition) is 0. The Labute approximate surface area is 118 Å². The van der Waals surface area contributed by atoms with Crippen molar-refractivity contribution >= 4 is 0 Å². The molecule has 1 atom stereocenters. The molecule has 2 heterocycles. The second kappa shape index (κ2) is 5.04. The highest BCUT2D eigenvalue weighted by molar-refractivity contribution is 5.00. The highest BCUT2D eigenvalue weighted by Crippen LogP contribution is 2.49. The van der Waals surface area contributed by atoms with Crippen LogP contribution >= 0.6 is 0 Å². The van der Waals surface area contributed by atoms with Crippen LogP contribution in [-0.4, -0.2) is 35.7 Å². The van der Waals surface area contributed by atoms with Crippen molar-refractivity contribution in [3.63, 3.8) is 0 Å². The Bertz CT molecular complexity index is 292. The van der Waals surface area contributed by atoms with Gasteiger partial charge in [-0.2, -0.15) is 0 Å². The maximum Gasteiger partial charge on any atom is 0.0598 e. The summed E-state index contributed by atoms with van der Waals surface area (Å²) in [5.74, 6) is 2.80. The molecule has 0 spiro atoms. The Morgan fingerprint density at radius 2 is 1.53 bits per heavy atom. The van der Waals surface area contributed by atoms with Crippen LogP contribution in [0.3, 0.4) is 0 Å². The van der Waals surface area contributed by atoms with E-state index in [-0.39, 0.29) is 5.60 Å². The summed E-state index contributed by atoms with van der Waals surface area (Å²) in [6, 6.07) is 1.82. The Kier molecular flexibility index (Phi) is 3.68. The summed E-state index contributed by atoms with van der Waals surface area (Å²) < 4.78 is 5.96. The molecule has 2 heteroatoms. The monoisotopic (exact) mass is 265 g/mol. The highest BCUT2D eigenvalue weighted by Gasteiger charge is 2.46. The molecule has 2 nitrogen and oxygen atoms in total. The lowest BCUT2D eigenvalue weighted by atomic mass is 9.63. The van der Waals surface area contributed by atoms with Gasteiger partial charge in [-0.05, 0) is 70.6 Å². The molecular formula is C17H31NO. The van der Waals surface area contributed by atoms with Crippen LogP contribution in [0.25, 0.3) is 0 Å². The highest BCUT2D eigenvalue weighted by atomic mass is 16.5. The molecule has 2 aliphatic carbocycles. The minimum Gasteiger partial charge on any atom is -0.376 e. The number of ether oxygens (including phenoxy) is 1. The van der Waals surface area contributed by atoms with Gasteiger partial charge >= 0.3 is 0 Å². The fourth-order valence-electron chi connectivity index (χ4n) is 4.72. The minimum atomic E-state index is 0.00760. The van der Waals surface area contributed by atoms with Crippen molar-refractivity contribution in [2.45, 2.75) is 77.5 Å². The number of piperidine rings is 2. The Morgan fingerprint density at radius 1 is 1.00 bits per heavy atom. The third kappa shape index (κ3) is 3.16. The normalized spacial score (nSPS) is 39.8. The van der Waals surface area contributed by atoms with Gasteiger partial charge in [-0.25, -0.2) is 0 Å². The van der Waals surface area contributed by atoms with Gasteiger partial charge in [-0.3, -0.25) is 4.90 Å². The Balaban J connectivity index is 1.52. The second-order valence-electron chi connectivity index (χ2n) is 8.44. The van der Waals surface area contributed by atoms with Crippen molar-refractivity contribution in [1.29, 1.82) is 0 Å². The summed E-state index contributed by atoms with van der Waals surface area (Å²) >= 11 is 0. The molecule has 19 heavy (non-hydrogen) atoms. The molecule has 4 bridgehead atoms. The van der Waals surface area contributed by atoms with Crippen molar-refractivity contribution in [2.24, 2.45) is 17.8 Å². The second-order valence-corrected chi connectivity index (χ2v) is 8.44. The van der Waals surface area contributed by atoms with E-state index in [0.717, 1.165) is 30.5 Å². The first kappa shape index (κ1) is 13.9. The first-order valence-corrected chi connectivity index (χ1v) is 8.30. The molecule has 4 fully saturated rings. The minimum absolute atomic E-state index is 0.00760. The van der Waals surface area contributed by atoms with Gasteiger partial charge in [-0.15, -0.1) is 0 Å². The zero-order chi connectivity index (χ0) is 13.6. The lowest BCUT2D eigenvalue weighted by molar-refractivity contribution is -0.0785. The number of rotatable bonds is 4. The van der Waals surface area contributed by atoms with Crippen molar-refractivity contribution in [3.05, 3.63) is 0 Å². The molecule has 0 N–H and O–H groups in total. The predicted molar refractivity (Wildman–Crippen MR) is 79.2 cm³/mol. The summed E-state index contributed by atoms with van der Waals surface area (Å²) in [6.07, 6.45) is 7.49. The van der Waals surface area contributed by atoms with Gasteiger partial charge in [0.05, 0.1) is 12.2 Å². The molecule has 0 radical (unpaired) electrons. The summed E-state index contributed by atoms with van der Waals surface area (Å²) in [4.78, 5) is 2.85. The maximum absolute atomic E-state index is 5.96. The fourth-order valence-corrected chi connectivity index (χ4v) is 4.72. The van der Waals surface area contributed by atoms with Crippen molar-refractivity contribution < 1.29 is 4.74 Å². The van der Waals surface area contributed by atoms with E-state index in [4.69, 9.17) is 4.74 Å². The van der Waals surface area contributed by atoms with E-state index in [1.54, 1.807) is 6.42 Å². The van der Waals surface area contributed by atoms with Crippen LogP contribution in [0.4, 0.5) is 0 Å². The van der Waals surface area contributed by atoms with E-state index in [0.29, 0.717) is 5.92 Å². The van der Waals surface area contributed by atoms with E-state index in [2.05, 4.69) is 32.6 Å². The van der Waals surface area contributed by atoms with Gasteiger partial charge in [0.1, 0.15) is 0 Å². The third-order valence-electron chi connectivity index (χ3n) is 5.35. The van der Waals surface area contributed by atoms with Crippen molar-refractivity contribution in [2.75, 3.05) is 13.2 Å². The lowest BCUT2D eigenvalue weighted by Gasteiger charge is -2.57. The number of nitrogens with zero attached hydrogens (tertiary/aromatic N) is 1. The molecule has 110 valence electrons. The molecule has 0 unspecified atom stereocenters. The number of hydrogen-bond acceptors (Lipinski definition) is 2. The predicted octanol–water partition coefficient (Wildman–Crippen LogP) is 3.70. The molecule has 2 saturated carbocycles. The topological polar surface area (TPSA) is 12.5 Å². The van der Waals surface area contributed by atoms with Crippen molar-refractivity contribution in [1.82, 2.24) is 4.90 Å². The van der Waals surface area contributed by atoms with Gasteiger partial charge in [-0.1, -0.05) is 6.92 Å². The molecule has 2 saturated heterocycles. The van der Waals surface area contributed by atoms with Gasteiger partial charge in [0, 0.05) is 18.6 Å². The molecule has 0 amide bonds. The standard InChI is InChI=1S/C17H31NO/c1-12(11-19-17(2,3)4)10-18-15-6-13-5-14(8-15)9-16(18)7-13/h12-16H,5-11H2,1-4H3/t12-,13?,14?,15?,16?/m1/s1. The van der Waals surface area contributed by atoms with Crippen LogP contribution in [-0.2, 0) is 4.74 Å². The molecular weight excluding hydrogens is 234 g/mol. The van der Waals surface area contributed by atoms with E-state index in [9.17, 15) is 0 Å². The molecule has 0 aromatic rings. The maximum atomic E-state index is 5.96. The van der Waals surface area contributed by atoms with Crippen LogP contribution in [0.2, 0.25) is 0 Å². The van der Waals surface area contributed by atoms with E-state index in [1.165, 1.54) is 32.2 Å². The Morgan fingerprint density at radius 3 is 2.00 bits per heavy atom. The van der Waals surface area contributed by atoms with E-state index >= 15 is 0 Å². The van der Waals surface area contributed by atoms with Gasteiger partial charge in [0.2, 0.25) is 0 Å². The van der Waals surface area contributed by atoms with Crippen LogP contribution in [0.1, 0.15) is 59.8 Å². The fraction of sp³-hybridized carbons (Fsp3) is 1.00. The van der Waals surface area contributed by atoms with E-state index in [1.807, 2.05) is 0 Å². The average Bonchev–Trinajstić information content (AvgIpc) is 2.29. The smallest absolute Gasteiger partial charge is 0.0598 e. The quantitative estimate of drug-likeness (QED) is 0.768. The first-order valence-electron chi connectivity index (χ1n) is 8.30. The molecule has 2 aliphatic heterocycles. The van der Waals surface area contributed by atoms with Gasteiger partial charge < -0.3 is 4.74 Å². The molecule has 4 rings (SSSR count). The van der Waals surface area contributed by atoms with Crippen LogP contribution < -0.4 is 0 Å². The molecule has 0 aromatic heterocycles. The lowest BCUT2D eigenvalue weighted by Crippen LogP contribution is -2.59. The largest absolute Gasteiger partial charge is 0.376 e. The first-order chi connectivity index (χ1) is 8.90. The van der Waals surface area contributed by atoms with E-state index < -0.39 is 0 Å². The zero-order valence-corrected chi connectivity index (χ0v) is 13.2. The summed E-state index contributed by atoms with van der Waals surface area (Å²) in [6.45, 7) is 11.0. The summed E-state index contributed by atoms with van der Waals surface area (Å²) in [5.41, 5.74) is 0.00760. The molecule has 0 aromatic carbocycles.